The largest absolute Gasteiger partial charge is 0.457 e. The van der Waals surface area contributed by atoms with Gasteiger partial charge in [-0.15, -0.1) is 0 Å². The highest BCUT2D eigenvalue weighted by molar-refractivity contribution is 6.11. The zero-order chi connectivity index (χ0) is 55.8. The molecule has 0 aliphatic carbocycles. The molecule has 2 aromatic heterocycles. The van der Waals surface area contributed by atoms with Gasteiger partial charge in [-0.2, -0.15) is 0 Å². The maximum atomic E-state index is 7.47. The number of rotatable bonds is 12. The van der Waals surface area contributed by atoms with Crippen LogP contribution < -0.4 is 14.5 Å². The summed E-state index contributed by atoms with van der Waals surface area (Å²) in [4.78, 5) is 10.1. The fourth-order valence-corrected chi connectivity index (χ4v) is 12.1. The van der Waals surface area contributed by atoms with E-state index in [9.17, 15) is 0 Å². The van der Waals surface area contributed by atoms with Gasteiger partial charge in [-0.1, -0.05) is 212 Å². The van der Waals surface area contributed by atoms with Crippen LogP contribution in [0.25, 0.3) is 38.8 Å². The summed E-state index contributed by atoms with van der Waals surface area (Å²) >= 11 is 0. The quantitative estimate of drug-likeness (QED) is 0.122. The predicted molar refractivity (Wildman–Crippen MR) is 335 cm³/mol. The molecule has 8 aromatic carbocycles. The zero-order valence-electron chi connectivity index (χ0n) is 49.0. The van der Waals surface area contributed by atoms with Gasteiger partial charge in [0.15, 0.2) is 0 Å². The summed E-state index contributed by atoms with van der Waals surface area (Å²) in [6.45, 7) is 33.0. The van der Waals surface area contributed by atoms with Crippen molar-refractivity contribution in [2.24, 2.45) is 0 Å². The number of nitrogens with zero attached hydrogens (tertiary/aromatic N) is 4. The Bertz CT molecular complexity index is 3790. The molecule has 400 valence electrons. The number of ether oxygens (including phenoxy) is 1. The highest BCUT2D eigenvalue weighted by atomic mass is 16.5. The van der Waals surface area contributed by atoms with Crippen molar-refractivity contribution >= 4 is 44.6 Å². The third-order valence-corrected chi connectivity index (χ3v) is 16.9. The average molecular weight is 1040 g/mol. The van der Waals surface area contributed by atoms with Crippen molar-refractivity contribution in [1.29, 1.82) is 0 Å². The van der Waals surface area contributed by atoms with E-state index in [1.807, 2.05) is 6.20 Å². The monoisotopic (exact) mass is 1040 g/mol. The number of hydrogen-bond donors (Lipinski definition) is 0. The van der Waals surface area contributed by atoms with Gasteiger partial charge in [0.25, 0.3) is 0 Å². The summed E-state index contributed by atoms with van der Waals surface area (Å²) in [6.07, 6.45) is 1.96. The fourth-order valence-electron chi connectivity index (χ4n) is 12.1. The summed E-state index contributed by atoms with van der Waals surface area (Å²) < 4.78 is 9.81. The smallest absolute Gasteiger partial charge is 0.137 e. The van der Waals surface area contributed by atoms with Gasteiger partial charge in [-0.05, 0) is 139 Å². The first-order chi connectivity index (χ1) is 37.6. The Morgan fingerprint density at radius 1 is 0.443 bits per heavy atom. The van der Waals surface area contributed by atoms with Crippen molar-refractivity contribution in [3.05, 3.63) is 239 Å². The predicted octanol–water partition coefficient (Wildman–Crippen LogP) is 20.4. The van der Waals surface area contributed by atoms with Gasteiger partial charge in [0.05, 0.1) is 22.4 Å². The highest BCUT2D eigenvalue weighted by Gasteiger charge is 2.34. The second kappa shape index (κ2) is 20.1. The van der Waals surface area contributed by atoms with Crippen LogP contribution in [0.3, 0.4) is 0 Å². The molecule has 1 aliphatic heterocycles. The second-order valence-electron chi connectivity index (χ2n) is 25.8. The Morgan fingerprint density at radius 3 is 1.53 bits per heavy atom. The first-order valence-corrected chi connectivity index (χ1v) is 28.5. The van der Waals surface area contributed by atoms with E-state index in [1.54, 1.807) is 0 Å². The number of aromatic nitrogens is 2. The summed E-state index contributed by atoms with van der Waals surface area (Å²) in [6, 6.07) is 69.7. The summed E-state index contributed by atoms with van der Waals surface area (Å²) in [5.41, 5.74) is 18.6. The number of benzene rings is 8. The highest BCUT2D eigenvalue weighted by Crippen LogP contribution is 2.50. The van der Waals surface area contributed by atoms with Crippen LogP contribution in [-0.2, 0) is 21.7 Å². The molecule has 0 spiro atoms. The second-order valence-corrected chi connectivity index (χ2v) is 25.8. The minimum Gasteiger partial charge on any atom is -0.457 e. The molecule has 0 atom stereocenters. The Labute approximate surface area is 470 Å². The van der Waals surface area contributed by atoms with E-state index in [-0.39, 0.29) is 21.7 Å². The molecule has 1 aliphatic rings. The molecule has 0 fully saturated rings. The Balaban J connectivity index is 1.11. The van der Waals surface area contributed by atoms with Crippen molar-refractivity contribution in [3.63, 3.8) is 0 Å². The Hall–Kier alpha value is -7.89. The van der Waals surface area contributed by atoms with Crippen molar-refractivity contribution in [1.82, 2.24) is 9.55 Å². The SMILES string of the molecule is CC(C)c1cccc(C(C)C)c1-c1cc(Oc2cc(C(C)(C)C)c3c4ccccc4n(-c4cc(C(C)(C)C)ccn4)c3c2)cc(N2CN(c3cc(C(C)(C)c4ccccc4)cc(C(C)(C)c4ccccc4)c3)c3ccccc32)c1. The van der Waals surface area contributed by atoms with Crippen LogP contribution in [0.1, 0.15) is 153 Å². The zero-order valence-corrected chi connectivity index (χ0v) is 49.0. The van der Waals surface area contributed by atoms with E-state index < -0.39 is 0 Å². The lowest BCUT2D eigenvalue weighted by atomic mass is 9.73. The van der Waals surface area contributed by atoms with E-state index >= 15 is 0 Å². The van der Waals surface area contributed by atoms with E-state index in [4.69, 9.17) is 9.72 Å². The molecule has 79 heavy (non-hydrogen) atoms. The lowest BCUT2D eigenvalue weighted by Gasteiger charge is -2.33. The third kappa shape index (κ3) is 9.81. The maximum Gasteiger partial charge on any atom is 0.137 e. The van der Waals surface area contributed by atoms with E-state index in [1.165, 1.54) is 60.8 Å². The molecule has 0 N–H and O–H groups in total. The average Bonchev–Trinajstić information content (AvgIpc) is 4.03. The topological polar surface area (TPSA) is 33.5 Å². The lowest BCUT2D eigenvalue weighted by molar-refractivity contribution is 0.480. The van der Waals surface area contributed by atoms with E-state index in [0.29, 0.717) is 18.5 Å². The number of fused-ring (bicyclic) bond motifs is 4. The Kier molecular flexibility index (Phi) is 13.5. The molecular formula is C74H78N4O. The number of pyridine rings is 1. The van der Waals surface area contributed by atoms with E-state index in [2.05, 4.69) is 299 Å². The molecule has 5 heteroatoms. The minimum absolute atomic E-state index is 0.0495. The van der Waals surface area contributed by atoms with Gasteiger partial charge >= 0.3 is 0 Å². The van der Waals surface area contributed by atoms with Gasteiger partial charge in [0.1, 0.15) is 24.0 Å². The fraction of sp³-hybridized carbons (Fsp3) is 0.284. The van der Waals surface area contributed by atoms with Crippen molar-refractivity contribution in [2.45, 2.75) is 130 Å². The van der Waals surface area contributed by atoms with Crippen LogP contribution in [-0.4, -0.2) is 16.2 Å². The lowest BCUT2D eigenvalue weighted by Crippen LogP contribution is -2.27. The van der Waals surface area contributed by atoms with Crippen LogP contribution in [0.15, 0.2) is 194 Å². The van der Waals surface area contributed by atoms with Gasteiger partial charge in [0.2, 0.25) is 0 Å². The van der Waals surface area contributed by atoms with Gasteiger partial charge < -0.3 is 14.5 Å². The van der Waals surface area contributed by atoms with Crippen molar-refractivity contribution in [2.75, 3.05) is 16.5 Å². The molecule has 0 saturated heterocycles. The third-order valence-electron chi connectivity index (χ3n) is 16.9. The Morgan fingerprint density at radius 2 is 0.975 bits per heavy atom. The summed E-state index contributed by atoms with van der Waals surface area (Å²) in [5, 5.41) is 2.43. The molecule has 10 aromatic rings. The number of para-hydroxylation sites is 3. The molecule has 0 bridgehead atoms. The van der Waals surface area contributed by atoms with E-state index in [0.717, 1.165) is 56.7 Å². The number of anilines is 4. The summed E-state index contributed by atoms with van der Waals surface area (Å²) in [7, 11) is 0. The van der Waals surface area contributed by atoms with Gasteiger partial charge in [-0.25, -0.2) is 4.98 Å². The molecule has 3 heterocycles. The van der Waals surface area contributed by atoms with Crippen LogP contribution in [0.5, 0.6) is 11.5 Å². The summed E-state index contributed by atoms with van der Waals surface area (Å²) in [5.74, 6) is 3.07. The van der Waals surface area contributed by atoms with Crippen molar-refractivity contribution < 1.29 is 4.74 Å². The molecule has 0 amide bonds. The first-order valence-electron chi connectivity index (χ1n) is 28.5. The van der Waals surface area contributed by atoms with Crippen LogP contribution in [0.4, 0.5) is 22.7 Å². The van der Waals surface area contributed by atoms with Crippen LogP contribution in [0, 0.1) is 0 Å². The molecular weight excluding hydrogens is 961 g/mol. The normalized spacial score (nSPS) is 13.3. The van der Waals surface area contributed by atoms with Gasteiger partial charge in [-0.3, -0.25) is 4.57 Å². The van der Waals surface area contributed by atoms with Crippen molar-refractivity contribution in [3.8, 4) is 28.4 Å². The minimum atomic E-state index is -0.270. The molecule has 0 unspecified atom stereocenters. The number of hydrogen-bond acceptors (Lipinski definition) is 4. The van der Waals surface area contributed by atoms with Gasteiger partial charge in [0, 0.05) is 51.3 Å². The molecule has 0 radical (unpaired) electrons. The van der Waals surface area contributed by atoms with Crippen LogP contribution >= 0.6 is 0 Å². The maximum absolute atomic E-state index is 7.47. The standard InChI is InChI=1S/C74H78N4O/c1-48(2)60-31-25-32-61(49(3)4)69(60)50-38-56(44-58(39-50)79-59-45-63(72(8,9)10)70-62-30-21-22-33-64(62)78(67(70)46-59)68-43-53(36-37-75-68)71(5,6)7)76-47-77(66-35-24-23-34-65(66)76)57-41-54(73(11,12)51-26-17-15-18-27-51)40-55(42-57)74(13,14)52-28-19-16-20-29-52/h15-46,48-49H,47H2,1-14H3. The molecule has 0 saturated carbocycles. The van der Waals surface area contributed by atoms with Crippen LogP contribution in [0.2, 0.25) is 0 Å². The molecule has 11 rings (SSSR count). The first kappa shape index (κ1) is 53.1. The molecule has 5 nitrogen and oxygen atoms in total.